The third-order valence-electron chi connectivity index (χ3n) is 3.50. The van der Waals surface area contributed by atoms with Gasteiger partial charge >= 0.3 is 0 Å². The van der Waals surface area contributed by atoms with Gasteiger partial charge in [0.1, 0.15) is 5.82 Å². The molecule has 24 heavy (non-hydrogen) atoms. The number of anilines is 1. The highest BCUT2D eigenvalue weighted by Crippen LogP contribution is 2.19. The molecule has 3 aromatic rings. The zero-order chi connectivity index (χ0) is 17.3. The van der Waals surface area contributed by atoms with E-state index in [4.69, 9.17) is 0 Å². The van der Waals surface area contributed by atoms with E-state index >= 15 is 0 Å². The van der Waals surface area contributed by atoms with Crippen molar-refractivity contribution in [3.8, 4) is 5.69 Å². The second-order valence-corrected chi connectivity index (χ2v) is 7.13. The summed E-state index contributed by atoms with van der Waals surface area (Å²) in [5.74, 6) is -0.483. The number of benzene rings is 2. The largest absolute Gasteiger partial charge is 0.280 e. The smallest absolute Gasteiger partial charge is 0.261 e. The van der Waals surface area contributed by atoms with Crippen LogP contribution in [-0.4, -0.2) is 18.2 Å². The Balaban J connectivity index is 1.83. The lowest BCUT2D eigenvalue weighted by Gasteiger charge is -2.09. The highest BCUT2D eigenvalue weighted by molar-refractivity contribution is 7.92. The predicted octanol–water partition coefficient (Wildman–Crippen LogP) is 3.43. The fraction of sp³-hybridized carbons (Fsp3) is 0.118. The van der Waals surface area contributed by atoms with Crippen LogP contribution in [0.25, 0.3) is 5.69 Å². The van der Waals surface area contributed by atoms with Gasteiger partial charge in [0.25, 0.3) is 10.0 Å². The molecule has 0 atom stereocenters. The van der Waals surface area contributed by atoms with Crippen molar-refractivity contribution in [1.82, 2.24) is 9.78 Å². The normalized spacial score (nSPS) is 11.5. The Morgan fingerprint density at radius 3 is 2.17 bits per heavy atom. The van der Waals surface area contributed by atoms with Crippen LogP contribution in [0.2, 0.25) is 0 Å². The standard InChI is InChI=1S/C17H16FN3O2S/c1-12-11-13(2)21(19-12)16-7-5-15(6-8-16)20-24(22,23)17-9-3-14(18)4-10-17/h3-11,20H,1-2H3. The van der Waals surface area contributed by atoms with Crippen molar-refractivity contribution in [2.24, 2.45) is 0 Å². The van der Waals surface area contributed by atoms with Crippen LogP contribution >= 0.6 is 0 Å². The van der Waals surface area contributed by atoms with Crippen molar-refractivity contribution in [3.05, 3.63) is 71.8 Å². The molecule has 1 N–H and O–H groups in total. The Morgan fingerprint density at radius 1 is 1.00 bits per heavy atom. The molecule has 0 aliphatic rings. The number of aromatic nitrogens is 2. The topological polar surface area (TPSA) is 64.0 Å². The molecule has 7 heteroatoms. The summed E-state index contributed by atoms with van der Waals surface area (Å²) in [6, 6.07) is 13.5. The predicted molar refractivity (Wildman–Crippen MR) is 90.2 cm³/mol. The van der Waals surface area contributed by atoms with Crippen molar-refractivity contribution in [2.45, 2.75) is 18.7 Å². The maximum absolute atomic E-state index is 12.9. The van der Waals surface area contributed by atoms with E-state index in [0.717, 1.165) is 29.2 Å². The number of hydrogen-bond acceptors (Lipinski definition) is 3. The minimum atomic E-state index is -3.75. The van der Waals surface area contributed by atoms with E-state index in [1.165, 1.54) is 12.1 Å². The summed E-state index contributed by atoms with van der Waals surface area (Å²) in [6.07, 6.45) is 0. The van der Waals surface area contributed by atoms with Gasteiger partial charge in [-0.3, -0.25) is 4.72 Å². The molecule has 0 amide bonds. The van der Waals surface area contributed by atoms with E-state index in [-0.39, 0.29) is 4.90 Å². The van der Waals surface area contributed by atoms with Crippen LogP contribution in [0, 0.1) is 19.7 Å². The number of nitrogens with zero attached hydrogens (tertiary/aromatic N) is 2. The SMILES string of the molecule is Cc1cc(C)n(-c2ccc(NS(=O)(=O)c3ccc(F)cc3)cc2)n1. The van der Waals surface area contributed by atoms with E-state index in [9.17, 15) is 12.8 Å². The third-order valence-corrected chi connectivity index (χ3v) is 4.89. The maximum Gasteiger partial charge on any atom is 0.261 e. The van der Waals surface area contributed by atoms with E-state index < -0.39 is 15.8 Å². The lowest BCUT2D eigenvalue weighted by molar-refractivity contribution is 0.599. The zero-order valence-electron chi connectivity index (χ0n) is 13.2. The molecule has 0 aliphatic heterocycles. The van der Waals surface area contributed by atoms with Crippen LogP contribution in [0.15, 0.2) is 59.5 Å². The average molecular weight is 345 g/mol. The van der Waals surface area contributed by atoms with Crippen LogP contribution in [0.1, 0.15) is 11.4 Å². The lowest BCUT2D eigenvalue weighted by Crippen LogP contribution is -2.13. The minimum absolute atomic E-state index is 0.00604. The Morgan fingerprint density at radius 2 is 1.62 bits per heavy atom. The molecule has 5 nitrogen and oxygen atoms in total. The van der Waals surface area contributed by atoms with Crippen molar-refractivity contribution >= 4 is 15.7 Å². The fourth-order valence-corrected chi connectivity index (χ4v) is 3.45. The molecule has 2 aromatic carbocycles. The van der Waals surface area contributed by atoms with Gasteiger partial charge < -0.3 is 0 Å². The number of aryl methyl sites for hydroxylation is 2. The molecule has 0 fully saturated rings. The van der Waals surface area contributed by atoms with Crippen LogP contribution < -0.4 is 4.72 Å². The van der Waals surface area contributed by atoms with Crippen LogP contribution in [0.3, 0.4) is 0 Å². The van der Waals surface area contributed by atoms with E-state index in [1.54, 1.807) is 28.9 Å². The van der Waals surface area contributed by atoms with Gasteiger partial charge in [-0.1, -0.05) is 0 Å². The Hall–Kier alpha value is -2.67. The van der Waals surface area contributed by atoms with Gasteiger partial charge in [0, 0.05) is 11.4 Å². The summed E-state index contributed by atoms with van der Waals surface area (Å²) >= 11 is 0. The van der Waals surface area contributed by atoms with Gasteiger partial charge in [-0.2, -0.15) is 5.10 Å². The lowest BCUT2D eigenvalue weighted by atomic mass is 10.3. The quantitative estimate of drug-likeness (QED) is 0.788. The summed E-state index contributed by atoms with van der Waals surface area (Å²) in [4.78, 5) is 0.00604. The maximum atomic E-state index is 12.9. The van der Waals surface area contributed by atoms with Crippen molar-refractivity contribution in [2.75, 3.05) is 4.72 Å². The first kappa shape index (κ1) is 16.2. The molecule has 124 valence electrons. The molecular weight excluding hydrogens is 329 g/mol. The molecule has 1 heterocycles. The summed E-state index contributed by atoms with van der Waals surface area (Å²) in [7, 11) is -3.75. The average Bonchev–Trinajstić information content (AvgIpc) is 2.87. The minimum Gasteiger partial charge on any atom is -0.280 e. The van der Waals surface area contributed by atoms with Gasteiger partial charge in [0.15, 0.2) is 0 Å². The van der Waals surface area contributed by atoms with E-state index in [0.29, 0.717) is 5.69 Å². The Kier molecular flexibility index (Phi) is 4.11. The molecule has 1 aromatic heterocycles. The number of halogens is 1. The van der Waals surface area contributed by atoms with E-state index in [1.807, 2.05) is 19.9 Å². The zero-order valence-corrected chi connectivity index (χ0v) is 14.0. The first-order chi connectivity index (χ1) is 11.3. The molecule has 0 spiro atoms. The molecule has 0 saturated carbocycles. The van der Waals surface area contributed by atoms with Crippen molar-refractivity contribution < 1.29 is 12.8 Å². The van der Waals surface area contributed by atoms with E-state index in [2.05, 4.69) is 9.82 Å². The molecule has 0 unspecified atom stereocenters. The number of sulfonamides is 1. The van der Waals surface area contributed by atoms with Crippen molar-refractivity contribution in [3.63, 3.8) is 0 Å². The molecule has 3 rings (SSSR count). The van der Waals surface area contributed by atoms with Crippen LogP contribution in [0.5, 0.6) is 0 Å². The summed E-state index contributed by atoms with van der Waals surface area (Å²) < 4.78 is 41.7. The van der Waals surface area contributed by atoms with Gasteiger partial charge in [-0.05, 0) is 68.4 Å². The van der Waals surface area contributed by atoms with Crippen LogP contribution in [0.4, 0.5) is 10.1 Å². The number of nitrogens with one attached hydrogen (secondary N) is 1. The first-order valence-corrected chi connectivity index (χ1v) is 8.75. The van der Waals surface area contributed by atoms with Gasteiger partial charge in [-0.15, -0.1) is 0 Å². The summed E-state index contributed by atoms with van der Waals surface area (Å²) in [5, 5.41) is 4.38. The molecule has 0 radical (unpaired) electrons. The monoisotopic (exact) mass is 345 g/mol. The number of rotatable bonds is 4. The second kappa shape index (κ2) is 6.09. The first-order valence-electron chi connectivity index (χ1n) is 7.27. The van der Waals surface area contributed by atoms with Gasteiger partial charge in [-0.25, -0.2) is 17.5 Å². The highest BCUT2D eigenvalue weighted by Gasteiger charge is 2.14. The van der Waals surface area contributed by atoms with Crippen molar-refractivity contribution in [1.29, 1.82) is 0 Å². The Labute approximate surface area is 139 Å². The van der Waals surface area contributed by atoms with Crippen LogP contribution in [-0.2, 0) is 10.0 Å². The summed E-state index contributed by atoms with van der Waals surface area (Å²) in [5.41, 5.74) is 3.16. The second-order valence-electron chi connectivity index (χ2n) is 5.45. The molecular formula is C17H16FN3O2S. The summed E-state index contributed by atoms with van der Waals surface area (Å²) in [6.45, 7) is 3.86. The number of hydrogen-bond donors (Lipinski definition) is 1. The van der Waals surface area contributed by atoms with Gasteiger partial charge in [0.05, 0.1) is 16.3 Å². The Bertz CT molecular complexity index is 962. The fourth-order valence-electron chi connectivity index (χ4n) is 2.39. The molecule has 0 saturated heterocycles. The van der Waals surface area contributed by atoms with Gasteiger partial charge in [0.2, 0.25) is 0 Å². The molecule has 0 bridgehead atoms. The highest BCUT2D eigenvalue weighted by atomic mass is 32.2. The third kappa shape index (κ3) is 3.30. The molecule has 0 aliphatic carbocycles.